The molecule has 0 saturated carbocycles. The van der Waals surface area contributed by atoms with E-state index in [1.807, 2.05) is 30.3 Å². The topological polar surface area (TPSA) is 30.7 Å². The largest absolute Gasteiger partial charge is 0.416 e. The molecule has 1 aromatic heterocycles. The second-order valence-corrected chi connectivity index (χ2v) is 7.39. The van der Waals surface area contributed by atoms with Gasteiger partial charge in [0.2, 0.25) is 0 Å². The van der Waals surface area contributed by atoms with Gasteiger partial charge in [-0.25, -0.2) is 4.39 Å². The van der Waals surface area contributed by atoms with E-state index in [2.05, 4.69) is 10.2 Å². The van der Waals surface area contributed by atoms with E-state index in [1.54, 1.807) is 28.8 Å². The summed E-state index contributed by atoms with van der Waals surface area (Å²) in [6.45, 7) is 0. The number of thioether (sulfide) groups is 1. The zero-order valence-electron chi connectivity index (χ0n) is 15.5. The maximum absolute atomic E-state index is 14.4. The highest BCUT2D eigenvalue weighted by Gasteiger charge is 2.30. The molecule has 0 aliphatic heterocycles. The Labute approximate surface area is 174 Å². The quantitative estimate of drug-likeness (QED) is 0.272. The Kier molecular flexibility index (Phi) is 5.59. The second-order valence-electron chi connectivity index (χ2n) is 6.44. The van der Waals surface area contributed by atoms with Crippen molar-refractivity contribution in [3.63, 3.8) is 0 Å². The number of aromatic nitrogens is 3. The molecule has 3 aromatic carbocycles. The van der Waals surface area contributed by atoms with Crippen LogP contribution < -0.4 is 0 Å². The van der Waals surface area contributed by atoms with Crippen molar-refractivity contribution in [3.05, 3.63) is 95.8 Å². The molecule has 8 heteroatoms. The summed E-state index contributed by atoms with van der Waals surface area (Å²) < 4.78 is 55.0. The summed E-state index contributed by atoms with van der Waals surface area (Å²) in [7, 11) is 0. The molecule has 3 nitrogen and oxygen atoms in total. The molecule has 0 saturated heterocycles. The fourth-order valence-corrected chi connectivity index (χ4v) is 3.87. The van der Waals surface area contributed by atoms with Gasteiger partial charge in [0.1, 0.15) is 5.82 Å². The van der Waals surface area contributed by atoms with E-state index in [0.29, 0.717) is 22.1 Å². The lowest BCUT2D eigenvalue weighted by Gasteiger charge is -2.11. The van der Waals surface area contributed by atoms with Gasteiger partial charge in [-0.2, -0.15) is 13.2 Å². The Morgan fingerprint density at radius 2 is 1.57 bits per heavy atom. The lowest BCUT2D eigenvalue weighted by Crippen LogP contribution is -2.05. The molecule has 30 heavy (non-hydrogen) atoms. The molecule has 0 spiro atoms. The Morgan fingerprint density at radius 1 is 0.833 bits per heavy atom. The van der Waals surface area contributed by atoms with Gasteiger partial charge >= 0.3 is 6.18 Å². The minimum absolute atomic E-state index is 0.256. The number of halogens is 4. The monoisotopic (exact) mass is 429 g/mol. The van der Waals surface area contributed by atoms with Crippen LogP contribution in [0.4, 0.5) is 17.6 Å². The molecule has 0 radical (unpaired) electrons. The van der Waals surface area contributed by atoms with Crippen LogP contribution in [0.25, 0.3) is 17.1 Å². The van der Waals surface area contributed by atoms with Gasteiger partial charge in [0.25, 0.3) is 0 Å². The first-order valence-electron chi connectivity index (χ1n) is 8.98. The summed E-state index contributed by atoms with van der Waals surface area (Å²) in [4.78, 5) is 0. The zero-order valence-corrected chi connectivity index (χ0v) is 16.3. The highest BCUT2D eigenvalue weighted by Crippen LogP contribution is 2.33. The lowest BCUT2D eigenvalue weighted by atomic mass is 10.1. The molecule has 152 valence electrons. The molecule has 0 fully saturated rings. The van der Waals surface area contributed by atoms with Crippen molar-refractivity contribution in [1.29, 1.82) is 0 Å². The van der Waals surface area contributed by atoms with Crippen molar-refractivity contribution < 1.29 is 17.6 Å². The minimum atomic E-state index is -4.40. The molecule has 0 aliphatic carbocycles. The predicted octanol–water partition coefficient (Wildman–Crippen LogP) is 6.38. The number of hydrogen-bond donors (Lipinski definition) is 0. The van der Waals surface area contributed by atoms with Crippen molar-refractivity contribution in [1.82, 2.24) is 14.8 Å². The van der Waals surface area contributed by atoms with Crippen LogP contribution >= 0.6 is 11.8 Å². The molecule has 1 heterocycles. The summed E-state index contributed by atoms with van der Waals surface area (Å²) in [6, 6.07) is 20.6. The minimum Gasteiger partial charge on any atom is -0.270 e. The second kappa shape index (κ2) is 8.31. The maximum atomic E-state index is 14.4. The third-order valence-corrected chi connectivity index (χ3v) is 5.38. The summed E-state index contributed by atoms with van der Waals surface area (Å²) in [5.74, 6) is 0.147. The number of benzene rings is 3. The third-order valence-electron chi connectivity index (χ3n) is 4.38. The van der Waals surface area contributed by atoms with Gasteiger partial charge in [-0.1, -0.05) is 60.3 Å². The fraction of sp³-hybridized carbons (Fsp3) is 0.0909. The molecule has 0 atom stereocenters. The summed E-state index contributed by atoms with van der Waals surface area (Å²) in [6.07, 6.45) is -4.40. The number of para-hydroxylation sites is 1. The smallest absolute Gasteiger partial charge is 0.270 e. The lowest BCUT2D eigenvalue weighted by molar-refractivity contribution is -0.137. The number of hydrogen-bond acceptors (Lipinski definition) is 3. The van der Waals surface area contributed by atoms with E-state index in [-0.39, 0.29) is 5.75 Å². The molecule has 0 aliphatic rings. The van der Waals surface area contributed by atoms with Crippen molar-refractivity contribution >= 4 is 11.8 Å². The van der Waals surface area contributed by atoms with Gasteiger partial charge in [0.15, 0.2) is 11.0 Å². The van der Waals surface area contributed by atoms with Gasteiger partial charge in [-0.15, -0.1) is 10.2 Å². The first-order chi connectivity index (χ1) is 14.4. The highest BCUT2D eigenvalue weighted by molar-refractivity contribution is 7.98. The molecular weight excluding hydrogens is 414 g/mol. The Bertz CT molecular complexity index is 1160. The van der Waals surface area contributed by atoms with E-state index < -0.39 is 17.6 Å². The summed E-state index contributed by atoms with van der Waals surface area (Å²) in [5, 5.41) is 8.80. The van der Waals surface area contributed by atoms with Crippen molar-refractivity contribution in [3.8, 4) is 17.1 Å². The predicted molar refractivity (Wildman–Crippen MR) is 108 cm³/mol. The Hall–Kier alpha value is -3.13. The number of alkyl halides is 3. The molecule has 0 N–H and O–H groups in total. The Morgan fingerprint density at radius 3 is 2.30 bits per heavy atom. The van der Waals surface area contributed by atoms with Crippen molar-refractivity contribution in [2.75, 3.05) is 0 Å². The standard InChI is InChI=1S/C22H15F4N3S/c23-19-12-5-4-11-18(19)20-27-28-21(29(20)17-9-2-1-3-10-17)30-14-15-7-6-8-16(13-15)22(24,25)26/h1-13H,14H2. The number of nitrogens with zero attached hydrogens (tertiary/aromatic N) is 3. The summed E-state index contributed by atoms with van der Waals surface area (Å²) >= 11 is 1.24. The number of rotatable bonds is 5. The van der Waals surface area contributed by atoms with Crippen LogP contribution in [0.5, 0.6) is 0 Å². The average Bonchev–Trinajstić information content (AvgIpc) is 3.16. The van der Waals surface area contributed by atoms with Gasteiger partial charge in [-0.05, 0) is 35.9 Å². The van der Waals surface area contributed by atoms with Crippen LogP contribution in [-0.2, 0) is 11.9 Å². The van der Waals surface area contributed by atoms with E-state index >= 15 is 0 Å². The first-order valence-corrected chi connectivity index (χ1v) is 9.97. The van der Waals surface area contributed by atoms with Crippen molar-refractivity contribution in [2.24, 2.45) is 0 Å². The van der Waals surface area contributed by atoms with E-state index in [1.165, 1.54) is 23.9 Å². The fourth-order valence-electron chi connectivity index (χ4n) is 2.98. The average molecular weight is 429 g/mol. The van der Waals surface area contributed by atoms with Crippen LogP contribution in [0.1, 0.15) is 11.1 Å². The van der Waals surface area contributed by atoms with Gasteiger partial charge in [0.05, 0.1) is 11.1 Å². The van der Waals surface area contributed by atoms with Crippen LogP contribution in [0.3, 0.4) is 0 Å². The SMILES string of the molecule is Fc1ccccc1-c1nnc(SCc2cccc(C(F)(F)F)c2)n1-c1ccccc1. The van der Waals surface area contributed by atoms with Crippen LogP contribution in [0.2, 0.25) is 0 Å². The van der Waals surface area contributed by atoms with Crippen LogP contribution in [0.15, 0.2) is 84.0 Å². The molecule has 4 aromatic rings. The zero-order chi connectivity index (χ0) is 21.1. The van der Waals surface area contributed by atoms with E-state index in [4.69, 9.17) is 0 Å². The van der Waals surface area contributed by atoms with E-state index in [0.717, 1.165) is 17.8 Å². The van der Waals surface area contributed by atoms with Crippen LogP contribution in [-0.4, -0.2) is 14.8 Å². The highest BCUT2D eigenvalue weighted by atomic mass is 32.2. The summed E-state index contributed by atoms with van der Waals surface area (Å²) in [5.41, 5.74) is 0.828. The van der Waals surface area contributed by atoms with Gasteiger partial charge < -0.3 is 0 Å². The normalized spacial score (nSPS) is 11.6. The van der Waals surface area contributed by atoms with E-state index in [9.17, 15) is 17.6 Å². The van der Waals surface area contributed by atoms with Gasteiger partial charge in [0, 0.05) is 11.4 Å². The molecule has 0 unspecified atom stereocenters. The van der Waals surface area contributed by atoms with Gasteiger partial charge in [-0.3, -0.25) is 4.57 Å². The molecule has 0 amide bonds. The first kappa shape index (κ1) is 20.2. The van der Waals surface area contributed by atoms with Crippen LogP contribution in [0, 0.1) is 5.82 Å². The Balaban J connectivity index is 1.70. The molecule has 0 bridgehead atoms. The van der Waals surface area contributed by atoms with Crippen molar-refractivity contribution in [2.45, 2.75) is 17.1 Å². The third kappa shape index (κ3) is 4.23. The maximum Gasteiger partial charge on any atom is 0.416 e. The molecular formula is C22H15F4N3S. The molecule has 4 rings (SSSR count).